The summed E-state index contributed by atoms with van der Waals surface area (Å²) in [5, 5.41) is 2.71. The zero-order valence-electron chi connectivity index (χ0n) is 7.71. The lowest BCUT2D eigenvalue weighted by Crippen LogP contribution is -2.07. The maximum atomic E-state index is 11.0. The Balaban J connectivity index is 2.77. The molecule has 0 aliphatic carbocycles. The van der Waals surface area contributed by atoms with Crippen molar-refractivity contribution in [3.63, 3.8) is 0 Å². The minimum absolute atomic E-state index is 0.173. The molecular weight excluding hydrogens is 162 g/mol. The molecule has 0 atom stereocenters. The Morgan fingerprint density at radius 3 is 3.00 bits per heavy atom. The average molecular weight is 175 g/mol. The zero-order chi connectivity index (χ0) is 9.68. The molecular formula is C11H13NO. The van der Waals surface area contributed by atoms with Crippen LogP contribution in [0.2, 0.25) is 0 Å². The molecule has 1 aromatic carbocycles. The maximum Gasteiger partial charge on any atom is 0.247 e. The minimum atomic E-state index is -0.173. The molecule has 2 heteroatoms. The fourth-order valence-electron chi connectivity index (χ4n) is 1.06. The summed E-state index contributed by atoms with van der Waals surface area (Å²) >= 11 is 0. The van der Waals surface area contributed by atoms with Crippen molar-refractivity contribution in [1.82, 2.24) is 0 Å². The highest BCUT2D eigenvalue weighted by Gasteiger charge is 1.96. The van der Waals surface area contributed by atoms with Gasteiger partial charge in [0, 0.05) is 5.69 Å². The van der Waals surface area contributed by atoms with Crippen LogP contribution >= 0.6 is 0 Å². The van der Waals surface area contributed by atoms with Gasteiger partial charge in [-0.2, -0.15) is 0 Å². The van der Waals surface area contributed by atoms with Crippen LogP contribution in [-0.2, 0) is 11.2 Å². The number of aryl methyl sites for hydroxylation is 1. The Morgan fingerprint density at radius 2 is 2.38 bits per heavy atom. The predicted molar refractivity (Wildman–Crippen MR) is 54.6 cm³/mol. The highest BCUT2D eigenvalue weighted by Crippen LogP contribution is 2.10. The summed E-state index contributed by atoms with van der Waals surface area (Å²) in [5.41, 5.74) is 2.03. The van der Waals surface area contributed by atoms with Crippen molar-refractivity contribution in [3.8, 4) is 0 Å². The first kappa shape index (κ1) is 9.52. The van der Waals surface area contributed by atoms with Gasteiger partial charge < -0.3 is 5.32 Å². The summed E-state index contributed by atoms with van der Waals surface area (Å²) < 4.78 is 0. The van der Waals surface area contributed by atoms with Crippen LogP contribution in [0.4, 0.5) is 5.69 Å². The van der Waals surface area contributed by atoms with E-state index >= 15 is 0 Å². The summed E-state index contributed by atoms with van der Waals surface area (Å²) in [6, 6.07) is 7.78. The molecule has 2 nitrogen and oxygen atoms in total. The molecule has 0 saturated carbocycles. The number of rotatable bonds is 3. The fraction of sp³-hybridized carbons (Fsp3) is 0.182. The predicted octanol–water partition coefficient (Wildman–Crippen LogP) is 2.37. The second kappa shape index (κ2) is 4.45. The summed E-state index contributed by atoms with van der Waals surface area (Å²) in [6.45, 7) is 5.47. The average Bonchev–Trinajstić information content (AvgIpc) is 2.18. The highest BCUT2D eigenvalue weighted by atomic mass is 16.1. The van der Waals surface area contributed by atoms with Crippen LogP contribution in [0.15, 0.2) is 36.9 Å². The van der Waals surface area contributed by atoms with Gasteiger partial charge in [0.15, 0.2) is 0 Å². The van der Waals surface area contributed by atoms with Gasteiger partial charge in [-0.3, -0.25) is 4.79 Å². The normalized spacial score (nSPS) is 9.31. The third-order valence-corrected chi connectivity index (χ3v) is 1.79. The number of hydrogen-bond acceptors (Lipinski definition) is 1. The van der Waals surface area contributed by atoms with E-state index in [1.807, 2.05) is 24.3 Å². The van der Waals surface area contributed by atoms with Crippen molar-refractivity contribution in [2.45, 2.75) is 13.3 Å². The Morgan fingerprint density at radius 1 is 1.62 bits per heavy atom. The zero-order valence-corrected chi connectivity index (χ0v) is 7.71. The molecule has 0 unspecified atom stereocenters. The molecule has 0 aliphatic rings. The van der Waals surface area contributed by atoms with Gasteiger partial charge in [-0.15, -0.1) is 0 Å². The van der Waals surface area contributed by atoms with Crippen LogP contribution in [0.5, 0.6) is 0 Å². The number of carbonyl (C=O) groups excluding carboxylic acids is 1. The molecule has 0 aromatic heterocycles. The molecule has 13 heavy (non-hydrogen) atoms. The first-order valence-electron chi connectivity index (χ1n) is 4.28. The molecule has 1 amide bonds. The van der Waals surface area contributed by atoms with E-state index in [1.165, 1.54) is 11.6 Å². The number of nitrogens with one attached hydrogen (secondary N) is 1. The quantitative estimate of drug-likeness (QED) is 0.702. The van der Waals surface area contributed by atoms with E-state index in [0.717, 1.165) is 12.1 Å². The fourth-order valence-corrected chi connectivity index (χ4v) is 1.06. The number of carbonyl (C=O) groups is 1. The SMILES string of the molecule is C=CC(=O)Nc1cccc(CC)c1. The van der Waals surface area contributed by atoms with Crippen LogP contribution in [0.25, 0.3) is 0 Å². The van der Waals surface area contributed by atoms with E-state index in [2.05, 4.69) is 18.8 Å². The Kier molecular flexibility index (Phi) is 3.26. The standard InChI is InChI=1S/C11H13NO/c1-3-9-6-5-7-10(8-9)12-11(13)4-2/h4-8H,2-3H2,1H3,(H,12,13). The number of benzene rings is 1. The third-order valence-electron chi connectivity index (χ3n) is 1.79. The van der Waals surface area contributed by atoms with Gasteiger partial charge in [0.25, 0.3) is 0 Å². The smallest absolute Gasteiger partial charge is 0.247 e. The lowest BCUT2D eigenvalue weighted by atomic mass is 10.1. The van der Waals surface area contributed by atoms with Crippen molar-refractivity contribution >= 4 is 11.6 Å². The van der Waals surface area contributed by atoms with Gasteiger partial charge in [0.05, 0.1) is 0 Å². The lowest BCUT2D eigenvalue weighted by Gasteiger charge is -2.03. The number of amides is 1. The van der Waals surface area contributed by atoms with Gasteiger partial charge in [0.2, 0.25) is 5.91 Å². The highest BCUT2D eigenvalue weighted by molar-refractivity contribution is 5.98. The molecule has 0 spiro atoms. The van der Waals surface area contributed by atoms with E-state index in [4.69, 9.17) is 0 Å². The van der Waals surface area contributed by atoms with Crippen molar-refractivity contribution in [2.75, 3.05) is 5.32 Å². The summed E-state index contributed by atoms with van der Waals surface area (Å²) in [4.78, 5) is 11.0. The lowest BCUT2D eigenvalue weighted by molar-refractivity contribution is -0.111. The Bertz CT molecular complexity index is 318. The molecule has 1 aromatic rings. The molecule has 0 bridgehead atoms. The molecule has 0 saturated heterocycles. The van der Waals surface area contributed by atoms with E-state index < -0.39 is 0 Å². The van der Waals surface area contributed by atoms with Crippen LogP contribution in [0.1, 0.15) is 12.5 Å². The third kappa shape index (κ3) is 2.75. The molecule has 68 valence electrons. The van der Waals surface area contributed by atoms with Gasteiger partial charge in [-0.25, -0.2) is 0 Å². The van der Waals surface area contributed by atoms with E-state index in [-0.39, 0.29) is 5.91 Å². The molecule has 0 heterocycles. The van der Waals surface area contributed by atoms with Crippen LogP contribution < -0.4 is 5.32 Å². The number of anilines is 1. The monoisotopic (exact) mass is 175 g/mol. The Labute approximate surface area is 78.3 Å². The van der Waals surface area contributed by atoms with E-state index in [0.29, 0.717) is 0 Å². The van der Waals surface area contributed by atoms with Gasteiger partial charge in [0.1, 0.15) is 0 Å². The minimum Gasteiger partial charge on any atom is -0.323 e. The van der Waals surface area contributed by atoms with Crippen LogP contribution in [0, 0.1) is 0 Å². The maximum absolute atomic E-state index is 11.0. The van der Waals surface area contributed by atoms with Gasteiger partial charge in [-0.05, 0) is 30.2 Å². The largest absolute Gasteiger partial charge is 0.323 e. The van der Waals surface area contributed by atoms with Crippen LogP contribution in [0.3, 0.4) is 0 Å². The van der Waals surface area contributed by atoms with Gasteiger partial charge in [-0.1, -0.05) is 25.6 Å². The van der Waals surface area contributed by atoms with Crippen molar-refractivity contribution in [2.24, 2.45) is 0 Å². The first-order valence-corrected chi connectivity index (χ1v) is 4.28. The summed E-state index contributed by atoms with van der Waals surface area (Å²) in [5.74, 6) is -0.173. The van der Waals surface area contributed by atoms with E-state index in [9.17, 15) is 4.79 Å². The molecule has 0 fully saturated rings. The van der Waals surface area contributed by atoms with Crippen molar-refractivity contribution in [1.29, 1.82) is 0 Å². The molecule has 0 radical (unpaired) electrons. The first-order chi connectivity index (χ1) is 6.26. The molecule has 1 N–H and O–H groups in total. The second-order valence-electron chi connectivity index (χ2n) is 2.75. The molecule has 0 aliphatic heterocycles. The van der Waals surface area contributed by atoms with E-state index in [1.54, 1.807) is 0 Å². The molecule has 1 rings (SSSR count). The van der Waals surface area contributed by atoms with Crippen molar-refractivity contribution < 1.29 is 4.79 Å². The van der Waals surface area contributed by atoms with Crippen LogP contribution in [-0.4, -0.2) is 5.91 Å². The second-order valence-corrected chi connectivity index (χ2v) is 2.75. The summed E-state index contributed by atoms with van der Waals surface area (Å²) in [6.07, 6.45) is 2.23. The van der Waals surface area contributed by atoms with Gasteiger partial charge >= 0.3 is 0 Å². The Hall–Kier alpha value is -1.57. The number of hydrogen-bond donors (Lipinski definition) is 1. The summed E-state index contributed by atoms with van der Waals surface area (Å²) in [7, 11) is 0. The topological polar surface area (TPSA) is 29.1 Å². The van der Waals surface area contributed by atoms with Crippen molar-refractivity contribution in [3.05, 3.63) is 42.5 Å².